The topological polar surface area (TPSA) is 141 Å². The summed E-state index contributed by atoms with van der Waals surface area (Å²) in [7, 11) is 0. The highest BCUT2D eigenvalue weighted by molar-refractivity contribution is 6.32. The molecular weight excluding hydrogens is 780 g/mol. The van der Waals surface area contributed by atoms with Crippen LogP contribution >= 0.6 is 11.6 Å². The molecule has 5 amide bonds. The predicted octanol–water partition coefficient (Wildman–Crippen LogP) is 4.78. The van der Waals surface area contributed by atoms with Gasteiger partial charge in [0.1, 0.15) is 12.1 Å². The smallest absolute Gasteiger partial charge is 0.262 e. The number of piperidine rings is 3. The number of carbonyl (C=O) groups is 5. The van der Waals surface area contributed by atoms with Gasteiger partial charge in [0.05, 0.1) is 21.7 Å². The maximum absolute atomic E-state index is 13.7. The summed E-state index contributed by atoms with van der Waals surface area (Å²) >= 11 is 6.34. The van der Waals surface area contributed by atoms with E-state index >= 15 is 0 Å². The number of nitriles is 1. The van der Waals surface area contributed by atoms with Crippen molar-refractivity contribution < 1.29 is 24.0 Å². The Kier molecular flexibility index (Phi) is 9.83. The SMILES string of the molecule is N#Cc1ccc(N2CCC3(CCN(c4ccc(C(=O)N5CC6CN(C7CCN(c8ccc9c(c8)C(=O)N(C8CCC(=O)NC8=O)C9=O)CC7)C[C@@H]6C5)cc4)CC3)C2)cc1Cl. The van der Waals surface area contributed by atoms with Crippen molar-refractivity contribution in [3.8, 4) is 6.07 Å². The molecule has 2 unspecified atom stereocenters. The van der Waals surface area contributed by atoms with Crippen LogP contribution in [0, 0.1) is 28.6 Å². The molecular formula is C46H49ClN8O5. The number of hydrogen-bond donors (Lipinski definition) is 1. The van der Waals surface area contributed by atoms with E-state index in [9.17, 15) is 29.2 Å². The quantitative estimate of drug-likeness (QED) is 0.346. The summed E-state index contributed by atoms with van der Waals surface area (Å²) < 4.78 is 0. The lowest BCUT2D eigenvalue weighted by Gasteiger charge is -2.40. The third-order valence-electron chi connectivity index (χ3n) is 14.8. The zero-order valence-electron chi connectivity index (χ0n) is 33.7. The van der Waals surface area contributed by atoms with Crippen LogP contribution in [0.25, 0.3) is 0 Å². The molecule has 0 radical (unpaired) electrons. The standard InChI is InChI=1S/C46H49ClN8O5/c47-39-22-36(6-3-30(39)23-48)52-20-15-46(28-52)13-18-51(19-14-46)33-4-1-29(2-5-33)43(58)54-26-31-24-53(25-32(31)27-54)34-11-16-50(17-12-34)35-7-8-37-38(21-35)45(60)55(44(37)59)40-9-10-41(56)49-42(40)57/h1-8,21-22,31-32,34,40H,9-20,24-28H2,(H,49,56,57)/t31-,32?,40?/m1/s1. The van der Waals surface area contributed by atoms with Crippen molar-refractivity contribution in [1.29, 1.82) is 5.26 Å². The van der Waals surface area contributed by atoms with Crippen LogP contribution in [0.1, 0.15) is 81.6 Å². The van der Waals surface area contributed by atoms with Crippen molar-refractivity contribution in [2.24, 2.45) is 17.3 Å². The van der Waals surface area contributed by atoms with Crippen LogP contribution in [0.2, 0.25) is 5.02 Å². The lowest BCUT2D eigenvalue weighted by atomic mass is 9.77. The Morgan fingerprint density at radius 3 is 2.00 bits per heavy atom. The minimum Gasteiger partial charge on any atom is -0.371 e. The molecule has 3 aromatic carbocycles. The Morgan fingerprint density at radius 1 is 0.717 bits per heavy atom. The molecule has 0 saturated carbocycles. The maximum Gasteiger partial charge on any atom is 0.262 e. The highest BCUT2D eigenvalue weighted by Crippen LogP contribution is 2.43. The fraction of sp³-hybridized carbons (Fsp3) is 0.478. The average molecular weight is 829 g/mol. The van der Waals surface area contributed by atoms with Gasteiger partial charge in [-0.05, 0) is 116 Å². The monoisotopic (exact) mass is 828 g/mol. The average Bonchev–Trinajstić information content (AvgIpc) is 4.03. The van der Waals surface area contributed by atoms with Gasteiger partial charge in [-0.25, -0.2) is 0 Å². The number of nitrogens with one attached hydrogen (secondary N) is 1. The zero-order chi connectivity index (χ0) is 41.3. The van der Waals surface area contributed by atoms with E-state index in [4.69, 9.17) is 11.6 Å². The molecule has 7 aliphatic heterocycles. The van der Waals surface area contributed by atoms with Crippen molar-refractivity contribution >= 4 is 58.2 Å². The molecule has 7 aliphatic rings. The minimum absolute atomic E-state index is 0.0937. The van der Waals surface area contributed by atoms with E-state index in [0.29, 0.717) is 39.6 Å². The molecule has 1 N–H and O–H groups in total. The number of benzene rings is 3. The highest BCUT2D eigenvalue weighted by atomic mass is 35.5. The molecule has 0 aliphatic carbocycles. The molecule has 10 rings (SSSR count). The number of fused-ring (bicyclic) bond motifs is 2. The van der Waals surface area contributed by atoms with Gasteiger partial charge in [-0.2, -0.15) is 5.26 Å². The first kappa shape index (κ1) is 38.7. The first-order valence-electron chi connectivity index (χ1n) is 21.5. The van der Waals surface area contributed by atoms with Crippen LogP contribution in [0.3, 0.4) is 0 Å². The molecule has 310 valence electrons. The minimum atomic E-state index is -0.972. The summed E-state index contributed by atoms with van der Waals surface area (Å²) in [5, 5.41) is 12.0. The van der Waals surface area contributed by atoms with Crippen molar-refractivity contribution in [3.63, 3.8) is 0 Å². The number of halogens is 1. The van der Waals surface area contributed by atoms with Crippen LogP contribution in [-0.2, 0) is 9.59 Å². The second-order valence-electron chi connectivity index (χ2n) is 18.1. The van der Waals surface area contributed by atoms with Gasteiger partial charge in [-0.3, -0.25) is 39.1 Å². The lowest BCUT2D eigenvalue weighted by Crippen LogP contribution is -2.54. The third-order valence-corrected chi connectivity index (χ3v) is 15.1. The van der Waals surface area contributed by atoms with Gasteiger partial charge in [0.15, 0.2) is 0 Å². The number of hydrogen-bond acceptors (Lipinski definition) is 10. The molecule has 3 atom stereocenters. The van der Waals surface area contributed by atoms with Gasteiger partial charge in [-0.15, -0.1) is 0 Å². The highest BCUT2D eigenvalue weighted by Gasteiger charge is 2.46. The van der Waals surface area contributed by atoms with E-state index < -0.39 is 23.8 Å². The van der Waals surface area contributed by atoms with Crippen molar-refractivity contribution in [1.82, 2.24) is 20.0 Å². The summed E-state index contributed by atoms with van der Waals surface area (Å²) in [4.78, 5) is 77.2. The Balaban J connectivity index is 0.684. The van der Waals surface area contributed by atoms with Gasteiger partial charge in [-0.1, -0.05) is 11.6 Å². The molecule has 6 saturated heterocycles. The van der Waals surface area contributed by atoms with Gasteiger partial charge in [0.25, 0.3) is 17.7 Å². The fourth-order valence-corrected chi connectivity index (χ4v) is 11.4. The molecule has 1 spiro atoms. The van der Waals surface area contributed by atoms with E-state index in [2.05, 4.69) is 48.0 Å². The molecule has 6 fully saturated rings. The number of amides is 5. The van der Waals surface area contributed by atoms with Gasteiger partial charge in [0.2, 0.25) is 11.8 Å². The van der Waals surface area contributed by atoms with Crippen LogP contribution in [-0.4, -0.2) is 122 Å². The van der Waals surface area contributed by atoms with Gasteiger partial charge in [0, 0.05) is 101 Å². The summed E-state index contributed by atoms with van der Waals surface area (Å²) in [6.07, 6.45) is 5.61. The maximum atomic E-state index is 13.7. The number of rotatable bonds is 6. The molecule has 7 heterocycles. The number of imide groups is 2. The molecule has 0 bridgehead atoms. The first-order valence-corrected chi connectivity index (χ1v) is 21.9. The fourth-order valence-electron chi connectivity index (χ4n) is 11.2. The third kappa shape index (κ3) is 6.87. The van der Waals surface area contributed by atoms with Crippen LogP contribution < -0.4 is 20.0 Å². The molecule has 13 nitrogen and oxygen atoms in total. The van der Waals surface area contributed by atoms with E-state index in [1.807, 2.05) is 36.4 Å². The summed E-state index contributed by atoms with van der Waals surface area (Å²) in [5.41, 5.74) is 5.33. The van der Waals surface area contributed by atoms with Crippen LogP contribution in [0.4, 0.5) is 17.1 Å². The Hall–Kier alpha value is -5.45. The Bertz CT molecular complexity index is 2300. The summed E-state index contributed by atoms with van der Waals surface area (Å²) in [6.45, 7) is 9.24. The van der Waals surface area contributed by atoms with Crippen molar-refractivity contribution in [2.75, 3.05) is 80.1 Å². The number of likely N-dealkylation sites (tertiary alicyclic amines) is 2. The number of nitrogens with zero attached hydrogens (tertiary/aromatic N) is 7. The van der Waals surface area contributed by atoms with E-state index in [-0.39, 0.29) is 30.1 Å². The second-order valence-corrected chi connectivity index (χ2v) is 18.5. The summed E-state index contributed by atoms with van der Waals surface area (Å²) in [6, 6.07) is 21.0. The van der Waals surface area contributed by atoms with Crippen LogP contribution in [0.5, 0.6) is 0 Å². The van der Waals surface area contributed by atoms with E-state index in [0.717, 1.165) is 119 Å². The normalized spacial score (nSPS) is 25.6. The van der Waals surface area contributed by atoms with Gasteiger partial charge < -0.3 is 19.6 Å². The number of carbonyl (C=O) groups excluding carboxylic acids is 5. The van der Waals surface area contributed by atoms with Crippen molar-refractivity contribution in [2.45, 2.75) is 57.0 Å². The second kappa shape index (κ2) is 15.2. The molecule has 14 heteroatoms. The molecule has 60 heavy (non-hydrogen) atoms. The number of anilines is 3. The van der Waals surface area contributed by atoms with Crippen molar-refractivity contribution in [3.05, 3.63) is 87.9 Å². The Labute approximate surface area is 354 Å². The van der Waals surface area contributed by atoms with E-state index in [1.54, 1.807) is 12.1 Å². The lowest BCUT2D eigenvalue weighted by molar-refractivity contribution is -0.136. The zero-order valence-corrected chi connectivity index (χ0v) is 34.4. The Morgan fingerprint density at radius 2 is 1.33 bits per heavy atom. The van der Waals surface area contributed by atoms with E-state index in [1.165, 1.54) is 5.69 Å². The first-order chi connectivity index (χ1) is 29.1. The van der Waals surface area contributed by atoms with Gasteiger partial charge >= 0.3 is 0 Å². The molecule has 3 aromatic rings. The largest absolute Gasteiger partial charge is 0.371 e. The van der Waals surface area contributed by atoms with Crippen LogP contribution in [0.15, 0.2) is 60.7 Å². The summed E-state index contributed by atoms with van der Waals surface area (Å²) in [5.74, 6) is -0.892. The predicted molar refractivity (Wildman–Crippen MR) is 226 cm³/mol. The molecule has 0 aromatic heterocycles.